The fourth-order valence-corrected chi connectivity index (χ4v) is 3.85. The number of carbonyl (C=O) groups is 2. The number of likely N-dealkylation sites (tertiary alicyclic amines) is 1. The van der Waals surface area contributed by atoms with Crippen molar-refractivity contribution in [3.05, 3.63) is 11.6 Å². The Balaban J connectivity index is 1.95. The number of nitrogens with zero attached hydrogens (tertiary/aromatic N) is 1. The largest absolute Gasteiger partial charge is 0.466 e. The molecule has 0 aromatic carbocycles. The van der Waals surface area contributed by atoms with Crippen LogP contribution in [0.1, 0.15) is 72.6 Å². The number of carbonyl (C=O) groups excluding carboxylic acids is 2. The predicted octanol–water partition coefficient (Wildman–Crippen LogP) is 4.46. The van der Waals surface area contributed by atoms with E-state index in [9.17, 15) is 9.59 Å². The Morgan fingerprint density at radius 1 is 1.28 bits per heavy atom. The van der Waals surface area contributed by atoms with Gasteiger partial charge in [-0.3, -0.25) is 4.79 Å². The van der Waals surface area contributed by atoms with Gasteiger partial charge in [-0.2, -0.15) is 0 Å². The van der Waals surface area contributed by atoms with Gasteiger partial charge in [-0.05, 0) is 72.1 Å². The van der Waals surface area contributed by atoms with E-state index in [0.717, 1.165) is 38.6 Å². The first-order valence-electron chi connectivity index (χ1n) is 9.63. The van der Waals surface area contributed by atoms with Gasteiger partial charge < -0.3 is 14.4 Å². The van der Waals surface area contributed by atoms with Crippen LogP contribution in [-0.2, 0) is 14.3 Å². The van der Waals surface area contributed by atoms with Crippen molar-refractivity contribution >= 4 is 12.1 Å². The van der Waals surface area contributed by atoms with E-state index in [1.165, 1.54) is 12.0 Å². The van der Waals surface area contributed by atoms with Crippen molar-refractivity contribution in [3.63, 3.8) is 0 Å². The third kappa shape index (κ3) is 6.05. The Morgan fingerprint density at radius 3 is 2.72 bits per heavy atom. The van der Waals surface area contributed by atoms with E-state index in [2.05, 4.69) is 6.08 Å². The molecular weight excluding hydrogens is 318 g/mol. The minimum absolute atomic E-state index is 0.138. The number of amides is 1. The van der Waals surface area contributed by atoms with Gasteiger partial charge in [0.25, 0.3) is 0 Å². The van der Waals surface area contributed by atoms with Crippen LogP contribution in [0.3, 0.4) is 0 Å². The third-order valence-corrected chi connectivity index (χ3v) is 4.94. The van der Waals surface area contributed by atoms with Crippen molar-refractivity contribution in [3.8, 4) is 0 Å². The molecule has 2 rings (SSSR count). The summed E-state index contributed by atoms with van der Waals surface area (Å²) < 4.78 is 10.6. The Hall–Kier alpha value is -1.52. The van der Waals surface area contributed by atoms with Gasteiger partial charge in [-0.15, -0.1) is 0 Å². The number of hydrogen-bond acceptors (Lipinski definition) is 4. The number of esters is 1. The molecule has 0 radical (unpaired) electrons. The summed E-state index contributed by atoms with van der Waals surface area (Å²) in [4.78, 5) is 26.0. The molecule has 25 heavy (non-hydrogen) atoms. The molecule has 0 bridgehead atoms. The minimum atomic E-state index is -0.461. The standard InChI is InChI=1S/C20H33NO4/c1-5-24-18(22)10-6-8-15-11-12-16-9-7-13-21(17(16)14-15)19(23)25-20(2,3)4/h8,16-17H,5-7,9-14H2,1-4H3/b15-8+/t16-,17+/m0/s1. The van der Waals surface area contributed by atoms with Crippen molar-refractivity contribution in [1.29, 1.82) is 0 Å². The van der Waals surface area contributed by atoms with E-state index in [0.29, 0.717) is 18.9 Å². The average Bonchev–Trinajstić information content (AvgIpc) is 2.53. The summed E-state index contributed by atoms with van der Waals surface area (Å²) in [5.41, 5.74) is 0.901. The minimum Gasteiger partial charge on any atom is -0.466 e. The summed E-state index contributed by atoms with van der Waals surface area (Å²) in [5, 5.41) is 0. The second kappa shape index (κ2) is 8.72. The first-order valence-corrected chi connectivity index (χ1v) is 9.63. The summed E-state index contributed by atoms with van der Waals surface area (Å²) in [7, 11) is 0. The second-order valence-electron chi connectivity index (χ2n) is 8.09. The van der Waals surface area contributed by atoms with Crippen LogP contribution in [0.2, 0.25) is 0 Å². The van der Waals surface area contributed by atoms with Gasteiger partial charge in [0.15, 0.2) is 0 Å². The Kier molecular flexibility index (Phi) is 6.91. The predicted molar refractivity (Wildman–Crippen MR) is 97.3 cm³/mol. The van der Waals surface area contributed by atoms with Crippen LogP contribution in [0.15, 0.2) is 11.6 Å². The Morgan fingerprint density at radius 2 is 2.04 bits per heavy atom. The fourth-order valence-electron chi connectivity index (χ4n) is 3.85. The number of hydrogen-bond donors (Lipinski definition) is 0. The van der Waals surface area contributed by atoms with E-state index in [1.54, 1.807) is 0 Å². The van der Waals surface area contributed by atoms with Crippen LogP contribution >= 0.6 is 0 Å². The van der Waals surface area contributed by atoms with Crippen LogP contribution in [0.5, 0.6) is 0 Å². The second-order valence-corrected chi connectivity index (χ2v) is 8.09. The van der Waals surface area contributed by atoms with Gasteiger partial charge >= 0.3 is 12.1 Å². The first-order chi connectivity index (χ1) is 11.8. The number of allylic oxidation sites excluding steroid dienone is 1. The molecule has 2 atom stereocenters. The third-order valence-electron chi connectivity index (χ3n) is 4.94. The number of fused-ring (bicyclic) bond motifs is 1. The molecule has 0 aromatic heterocycles. The number of ether oxygens (including phenoxy) is 2. The lowest BCUT2D eigenvalue weighted by molar-refractivity contribution is -0.143. The lowest BCUT2D eigenvalue weighted by Crippen LogP contribution is -2.51. The molecule has 0 spiro atoms. The van der Waals surface area contributed by atoms with Crippen LogP contribution in [0.25, 0.3) is 0 Å². The fraction of sp³-hybridized carbons (Fsp3) is 0.800. The SMILES string of the molecule is CCOC(=O)CC/C=C1\CC[C@@H]2CCCN(C(=O)OC(C)(C)C)[C@@H]2C1. The summed E-state index contributed by atoms with van der Waals surface area (Å²) >= 11 is 0. The smallest absolute Gasteiger partial charge is 0.410 e. The molecule has 1 aliphatic heterocycles. The van der Waals surface area contributed by atoms with Crippen molar-refractivity contribution in [1.82, 2.24) is 4.90 Å². The zero-order valence-electron chi connectivity index (χ0n) is 16.2. The van der Waals surface area contributed by atoms with Gasteiger partial charge in [0.05, 0.1) is 6.61 Å². The highest BCUT2D eigenvalue weighted by atomic mass is 16.6. The van der Waals surface area contributed by atoms with Gasteiger partial charge in [0, 0.05) is 19.0 Å². The molecule has 2 fully saturated rings. The topological polar surface area (TPSA) is 55.8 Å². The van der Waals surface area contributed by atoms with Crippen molar-refractivity contribution < 1.29 is 19.1 Å². The molecule has 1 aliphatic carbocycles. The van der Waals surface area contributed by atoms with E-state index >= 15 is 0 Å². The van der Waals surface area contributed by atoms with Crippen LogP contribution in [0, 0.1) is 5.92 Å². The van der Waals surface area contributed by atoms with Crippen molar-refractivity contribution in [2.24, 2.45) is 5.92 Å². The van der Waals surface area contributed by atoms with Gasteiger partial charge in [0.2, 0.25) is 0 Å². The van der Waals surface area contributed by atoms with Gasteiger partial charge in [-0.1, -0.05) is 11.6 Å². The van der Waals surface area contributed by atoms with E-state index < -0.39 is 5.60 Å². The molecule has 2 aliphatic rings. The molecule has 5 heteroatoms. The van der Waals surface area contributed by atoms with Crippen LogP contribution < -0.4 is 0 Å². The number of rotatable bonds is 4. The Labute approximate surface area is 151 Å². The maximum atomic E-state index is 12.6. The first kappa shape index (κ1) is 19.8. The highest BCUT2D eigenvalue weighted by Gasteiger charge is 2.38. The zero-order chi connectivity index (χ0) is 18.4. The molecule has 1 saturated carbocycles. The molecule has 0 aromatic rings. The molecule has 0 unspecified atom stereocenters. The Bertz CT molecular complexity index is 506. The van der Waals surface area contributed by atoms with Gasteiger partial charge in [-0.25, -0.2) is 4.79 Å². The summed E-state index contributed by atoms with van der Waals surface area (Å²) in [6.07, 6.45) is 8.50. The molecule has 0 N–H and O–H groups in total. The zero-order valence-corrected chi connectivity index (χ0v) is 16.2. The quantitative estimate of drug-likeness (QED) is 0.554. The molecule has 142 valence electrons. The molecule has 1 amide bonds. The molecule has 5 nitrogen and oxygen atoms in total. The number of piperidine rings is 1. The maximum absolute atomic E-state index is 12.6. The van der Waals surface area contributed by atoms with E-state index in [1.807, 2.05) is 32.6 Å². The summed E-state index contributed by atoms with van der Waals surface area (Å²) in [6.45, 7) is 8.78. The maximum Gasteiger partial charge on any atom is 0.410 e. The summed E-state index contributed by atoms with van der Waals surface area (Å²) in [5.74, 6) is 0.435. The molecule has 1 saturated heterocycles. The van der Waals surface area contributed by atoms with Crippen molar-refractivity contribution in [2.45, 2.75) is 84.3 Å². The highest BCUT2D eigenvalue weighted by Crippen LogP contribution is 2.38. The van der Waals surface area contributed by atoms with Crippen LogP contribution in [0.4, 0.5) is 4.79 Å². The molecule has 1 heterocycles. The van der Waals surface area contributed by atoms with E-state index in [-0.39, 0.29) is 18.1 Å². The normalized spacial score (nSPS) is 25.4. The lowest BCUT2D eigenvalue weighted by atomic mass is 9.76. The van der Waals surface area contributed by atoms with Crippen LogP contribution in [-0.4, -0.2) is 41.8 Å². The monoisotopic (exact) mass is 351 g/mol. The highest BCUT2D eigenvalue weighted by molar-refractivity contribution is 5.69. The summed E-state index contributed by atoms with van der Waals surface area (Å²) in [6, 6.07) is 0.242. The molecular formula is C20H33NO4. The van der Waals surface area contributed by atoms with Crippen molar-refractivity contribution in [2.75, 3.05) is 13.2 Å². The van der Waals surface area contributed by atoms with Gasteiger partial charge in [0.1, 0.15) is 5.60 Å². The lowest BCUT2D eigenvalue weighted by Gasteiger charge is -2.44. The van der Waals surface area contributed by atoms with E-state index in [4.69, 9.17) is 9.47 Å². The average molecular weight is 351 g/mol.